The number of benzene rings is 1. The van der Waals surface area contributed by atoms with Crippen molar-refractivity contribution in [1.82, 2.24) is 5.32 Å². The van der Waals surface area contributed by atoms with Crippen molar-refractivity contribution >= 4 is 39.7 Å². The SMILES string of the molecule is Cc1c(C(=O)NC2CCCCC2CN)sc2cccc(F)c12.Cl. The molecule has 6 heteroatoms. The van der Waals surface area contributed by atoms with E-state index in [2.05, 4.69) is 5.32 Å². The number of hydrogen-bond donors (Lipinski definition) is 2. The number of carbonyl (C=O) groups is 1. The molecule has 0 spiro atoms. The summed E-state index contributed by atoms with van der Waals surface area (Å²) in [6.07, 6.45) is 4.36. The van der Waals surface area contributed by atoms with E-state index >= 15 is 0 Å². The lowest BCUT2D eigenvalue weighted by molar-refractivity contribution is 0.0912. The Balaban J connectivity index is 0.00000192. The zero-order valence-corrected chi connectivity index (χ0v) is 14.7. The molecule has 0 saturated heterocycles. The molecule has 3 nitrogen and oxygen atoms in total. The molecule has 1 aromatic heterocycles. The first kappa shape index (κ1) is 18.2. The standard InChI is InChI=1S/C17H21FN2OS.ClH/c1-10-15-12(18)6-4-8-14(15)22-16(10)17(21)20-13-7-3-2-5-11(13)9-19;/h4,6,8,11,13H,2-3,5,7,9,19H2,1H3,(H,20,21);1H. The van der Waals surface area contributed by atoms with Gasteiger partial charge >= 0.3 is 0 Å². The number of carbonyl (C=O) groups excluding carboxylic acids is 1. The molecule has 1 amide bonds. The topological polar surface area (TPSA) is 55.1 Å². The molecule has 1 aliphatic rings. The van der Waals surface area contributed by atoms with Gasteiger partial charge in [-0.05, 0) is 49.9 Å². The van der Waals surface area contributed by atoms with Crippen LogP contribution in [0, 0.1) is 18.7 Å². The lowest BCUT2D eigenvalue weighted by Crippen LogP contribution is -2.44. The molecule has 2 unspecified atom stereocenters. The smallest absolute Gasteiger partial charge is 0.261 e. The predicted octanol–water partition coefficient (Wildman–Crippen LogP) is 4.02. The minimum absolute atomic E-state index is 0. The van der Waals surface area contributed by atoms with Gasteiger partial charge in [-0.1, -0.05) is 18.9 Å². The second-order valence-corrected chi connectivity index (χ2v) is 7.08. The van der Waals surface area contributed by atoms with E-state index in [0.717, 1.165) is 29.5 Å². The Labute approximate surface area is 145 Å². The van der Waals surface area contributed by atoms with Gasteiger partial charge in [0.25, 0.3) is 5.91 Å². The summed E-state index contributed by atoms with van der Waals surface area (Å²) in [4.78, 5) is 13.2. The van der Waals surface area contributed by atoms with Crippen molar-refractivity contribution in [2.24, 2.45) is 11.7 Å². The van der Waals surface area contributed by atoms with Gasteiger partial charge in [-0.25, -0.2) is 4.39 Å². The fraction of sp³-hybridized carbons (Fsp3) is 0.471. The van der Waals surface area contributed by atoms with Gasteiger partial charge in [-0.2, -0.15) is 0 Å². The Morgan fingerprint density at radius 1 is 1.39 bits per heavy atom. The summed E-state index contributed by atoms with van der Waals surface area (Å²) in [7, 11) is 0. The monoisotopic (exact) mass is 356 g/mol. The van der Waals surface area contributed by atoms with Crippen molar-refractivity contribution in [3.8, 4) is 0 Å². The Morgan fingerprint density at radius 2 is 2.13 bits per heavy atom. The van der Waals surface area contributed by atoms with Gasteiger partial charge in [-0.3, -0.25) is 4.79 Å². The molecule has 0 aliphatic heterocycles. The number of halogens is 2. The second kappa shape index (κ2) is 7.60. The summed E-state index contributed by atoms with van der Waals surface area (Å²) in [5, 5.41) is 3.69. The van der Waals surface area contributed by atoms with Gasteiger partial charge in [0.15, 0.2) is 0 Å². The minimum Gasteiger partial charge on any atom is -0.348 e. The molecule has 126 valence electrons. The van der Waals surface area contributed by atoms with E-state index in [0.29, 0.717) is 22.7 Å². The van der Waals surface area contributed by atoms with Crippen molar-refractivity contribution < 1.29 is 9.18 Å². The molecular weight excluding hydrogens is 335 g/mol. The highest BCUT2D eigenvalue weighted by Crippen LogP contribution is 2.33. The first-order chi connectivity index (χ1) is 10.6. The maximum absolute atomic E-state index is 14.0. The quantitative estimate of drug-likeness (QED) is 0.872. The van der Waals surface area contributed by atoms with Crippen LogP contribution in [-0.4, -0.2) is 18.5 Å². The van der Waals surface area contributed by atoms with E-state index in [1.165, 1.54) is 23.8 Å². The van der Waals surface area contributed by atoms with Crippen LogP contribution in [0.15, 0.2) is 18.2 Å². The number of nitrogens with one attached hydrogen (secondary N) is 1. The van der Waals surface area contributed by atoms with Crippen molar-refractivity contribution in [3.05, 3.63) is 34.5 Å². The fourth-order valence-electron chi connectivity index (χ4n) is 3.38. The van der Waals surface area contributed by atoms with Crippen LogP contribution < -0.4 is 11.1 Å². The number of rotatable bonds is 3. The van der Waals surface area contributed by atoms with Crippen molar-refractivity contribution in [1.29, 1.82) is 0 Å². The number of hydrogen-bond acceptors (Lipinski definition) is 3. The molecule has 1 fully saturated rings. The molecular formula is C17H22ClFN2OS. The number of thiophene rings is 1. The average Bonchev–Trinajstić information content (AvgIpc) is 2.86. The molecule has 1 aliphatic carbocycles. The molecule has 1 aromatic carbocycles. The first-order valence-electron chi connectivity index (χ1n) is 7.80. The first-order valence-corrected chi connectivity index (χ1v) is 8.62. The molecule has 23 heavy (non-hydrogen) atoms. The zero-order valence-electron chi connectivity index (χ0n) is 13.1. The Morgan fingerprint density at radius 3 is 2.83 bits per heavy atom. The average molecular weight is 357 g/mol. The third-order valence-electron chi connectivity index (χ3n) is 4.64. The van der Waals surface area contributed by atoms with Gasteiger partial charge < -0.3 is 11.1 Å². The maximum atomic E-state index is 14.0. The number of amides is 1. The lowest BCUT2D eigenvalue weighted by Gasteiger charge is -2.31. The summed E-state index contributed by atoms with van der Waals surface area (Å²) in [6.45, 7) is 2.42. The summed E-state index contributed by atoms with van der Waals surface area (Å²) < 4.78 is 14.8. The highest BCUT2D eigenvalue weighted by Gasteiger charge is 2.27. The zero-order chi connectivity index (χ0) is 15.7. The summed E-state index contributed by atoms with van der Waals surface area (Å²) in [5.74, 6) is -0.00429. The van der Waals surface area contributed by atoms with Crippen LogP contribution in [0.4, 0.5) is 4.39 Å². The largest absolute Gasteiger partial charge is 0.348 e. The number of aryl methyl sites for hydroxylation is 1. The molecule has 1 heterocycles. The highest BCUT2D eigenvalue weighted by atomic mass is 35.5. The Kier molecular flexibility index (Phi) is 6.00. The minimum atomic E-state index is -0.261. The van der Waals surface area contributed by atoms with E-state index in [-0.39, 0.29) is 30.2 Å². The molecule has 2 aromatic rings. The molecule has 0 radical (unpaired) electrons. The van der Waals surface area contributed by atoms with Crippen LogP contribution in [-0.2, 0) is 0 Å². The van der Waals surface area contributed by atoms with Crippen LogP contribution in [0.5, 0.6) is 0 Å². The van der Waals surface area contributed by atoms with E-state index in [9.17, 15) is 9.18 Å². The third kappa shape index (κ3) is 3.52. The van der Waals surface area contributed by atoms with E-state index in [1.807, 2.05) is 13.0 Å². The molecule has 3 N–H and O–H groups in total. The second-order valence-electron chi connectivity index (χ2n) is 6.03. The number of fused-ring (bicyclic) bond motifs is 1. The van der Waals surface area contributed by atoms with Gasteiger partial charge in [-0.15, -0.1) is 23.7 Å². The molecule has 3 rings (SSSR count). The highest BCUT2D eigenvalue weighted by molar-refractivity contribution is 7.21. The van der Waals surface area contributed by atoms with Crippen LogP contribution in [0.25, 0.3) is 10.1 Å². The predicted molar refractivity (Wildman–Crippen MR) is 96.0 cm³/mol. The summed E-state index contributed by atoms with van der Waals surface area (Å²) >= 11 is 1.36. The fourth-order valence-corrected chi connectivity index (χ4v) is 4.51. The van der Waals surface area contributed by atoms with Crippen LogP contribution in [0.1, 0.15) is 40.9 Å². The van der Waals surface area contributed by atoms with Gasteiger partial charge in [0.2, 0.25) is 0 Å². The van der Waals surface area contributed by atoms with Crippen LogP contribution in [0.2, 0.25) is 0 Å². The number of nitrogens with two attached hydrogens (primary N) is 1. The van der Waals surface area contributed by atoms with Gasteiger partial charge in [0.1, 0.15) is 5.82 Å². The van der Waals surface area contributed by atoms with Gasteiger partial charge in [0, 0.05) is 16.1 Å². The van der Waals surface area contributed by atoms with E-state index in [1.54, 1.807) is 6.07 Å². The Hall–Kier alpha value is -1.17. The van der Waals surface area contributed by atoms with Crippen molar-refractivity contribution in [2.75, 3.05) is 6.54 Å². The normalized spacial score (nSPS) is 21.0. The van der Waals surface area contributed by atoms with E-state index < -0.39 is 0 Å². The lowest BCUT2D eigenvalue weighted by atomic mass is 9.84. The van der Waals surface area contributed by atoms with Crippen LogP contribution in [0.3, 0.4) is 0 Å². The van der Waals surface area contributed by atoms with Crippen LogP contribution >= 0.6 is 23.7 Å². The van der Waals surface area contributed by atoms with Crippen molar-refractivity contribution in [2.45, 2.75) is 38.6 Å². The molecule has 0 bridgehead atoms. The van der Waals surface area contributed by atoms with Gasteiger partial charge in [0.05, 0.1) is 4.88 Å². The third-order valence-corrected chi connectivity index (χ3v) is 5.89. The van der Waals surface area contributed by atoms with E-state index in [4.69, 9.17) is 5.73 Å². The summed E-state index contributed by atoms with van der Waals surface area (Å²) in [5.41, 5.74) is 6.55. The molecule has 1 saturated carbocycles. The molecule has 2 atom stereocenters. The maximum Gasteiger partial charge on any atom is 0.261 e. The van der Waals surface area contributed by atoms with Crippen molar-refractivity contribution in [3.63, 3.8) is 0 Å². The summed E-state index contributed by atoms with van der Waals surface area (Å²) in [6, 6.07) is 5.12. The Bertz CT molecular complexity index is 703.